The number of carbonyl (C=O) groups excluding carboxylic acids is 1. The highest BCUT2D eigenvalue weighted by molar-refractivity contribution is 6.07. The molecule has 2 N–H and O–H groups in total. The van der Waals surface area contributed by atoms with E-state index in [0.29, 0.717) is 28.8 Å². The number of benzene rings is 2. The summed E-state index contributed by atoms with van der Waals surface area (Å²) in [4.78, 5) is 28.3. The van der Waals surface area contributed by atoms with Crippen LogP contribution < -0.4 is 10.7 Å². The topological polar surface area (TPSA) is 107 Å². The van der Waals surface area contributed by atoms with E-state index in [1.807, 2.05) is 0 Å². The van der Waals surface area contributed by atoms with Crippen molar-refractivity contribution >= 4 is 22.6 Å². The quantitative estimate of drug-likeness (QED) is 0.683. The zero-order valence-electron chi connectivity index (χ0n) is 16.3. The molecule has 1 saturated heterocycles. The van der Waals surface area contributed by atoms with Gasteiger partial charge in [-0.05, 0) is 31.7 Å². The third-order valence-electron chi connectivity index (χ3n) is 6.62. The molecular formula is C23H19N3O4. The number of nitriles is 1. The zero-order chi connectivity index (χ0) is 21.1. The number of nitrogens with zero attached hydrogens (tertiary/aromatic N) is 2. The number of nitrogens with one attached hydrogen (secondary N) is 1. The number of hydrogen-bond acceptors (Lipinski definition) is 6. The lowest BCUT2D eigenvalue weighted by Gasteiger charge is -2.42. The largest absolute Gasteiger partial charge is 0.464 e. The molecule has 0 radical (unpaired) electrons. The smallest absolute Gasteiger partial charge is 0.251 e. The van der Waals surface area contributed by atoms with Crippen molar-refractivity contribution in [3.8, 4) is 6.07 Å². The second kappa shape index (κ2) is 6.26. The van der Waals surface area contributed by atoms with Gasteiger partial charge < -0.3 is 14.8 Å². The third-order valence-corrected chi connectivity index (χ3v) is 6.62. The van der Waals surface area contributed by atoms with E-state index in [1.165, 1.54) is 6.26 Å². The number of hydrogen-bond donors (Lipinski definition) is 2. The van der Waals surface area contributed by atoms with Crippen LogP contribution in [-0.2, 0) is 10.3 Å². The molecule has 3 heterocycles. The molecule has 3 aromatic rings. The Kier molecular flexibility index (Phi) is 3.87. The van der Waals surface area contributed by atoms with Gasteiger partial charge in [-0.3, -0.25) is 14.5 Å². The summed E-state index contributed by atoms with van der Waals surface area (Å²) in [5, 5.41) is 25.1. The van der Waals surface area contributed by atoms with E-state index in [2.05, 4.69) is 11.4 Å². The second-order valence-electron chi connectivity index (χ2n) is 7.88. The van der Waals surface area contributed by atoms with Gasteiger partial charge in [-0.2, -0.15) is 5.26 Å². The van der Waals surface area contributed by atoms with Crippen molar-refractivity contribution in [1.29, 1.82) is 5.26 Å². The number of amides is 1. The number of likely N-dealkylation sites (tertiary alicyclic amines) is 1. The Morgan fingerprint density at radius 2 is 1.93 bits per heavy atom. The molecule has 30 heavy (non-hydrogen) atoms. The lowest BCUT2D eigenvalue weighted by atomic mass is 9.63. The van der Waals surface area contributed by atoms with Crippen molar-refractivity contribution in [2.45, 2.75) is 18.1 Å². The van der Waals surface area contributed by atoms with Crippen molar-refractivity contribution in [2.24, 2.45) is 5.41 Å². The van der Waals surface area contributed by atoms with E-state index in [-0.39, 0.29) is 17.9 Å². The fourth-order valence-corrected chi connectivity index (χ4v) is 5.18. The summed E-state index contributed by atoms with van der Waals surface area (Å²) in [6.45, 7) is 0.408. The first kappa shape index (κ1) is 18.6. The fourth-order valence-electron chi connectivity index (χ4n) is 5.18. The first-order valence-electron chi connectivity index (χ1n) is 9.69. The normalized spacial score (nSPS) is 26.5. The second-order valence-corrected chi connectivity index (χ2v) is 7.88. The molecule has 1 spiro atoms. The number of rotatable bonds is 2. The highest BCUT2D eigenvalue weighted by atomic mass is 16.3. The SMILES string of the molecule is CN1CC[C@](C#N)([C@H](O)c2coc3ccccc3c2=O)[C@]12C(=O)Nc1ccccc12. The summed E-state index contributed by atoms with van der Waals surface area (Å²) >= 11 is 0. The lowest BCUT2D eigenvalue weighted by Crippen LogP contribution is -2.56. The predicted octanol–water partition coefficient (Wildman–Crippen LogP) is 2.52. The Labute approximate surface area is 172 Å². The summed E-state index contributed by atoms with van der Waals surface area (Å²) in [6.07, 6.45) is -0.0980. The van der Waals surface area contributed by atoms with Crippen LogP contribution in [0.25, 0.3) is 11.0 Å². The van der Waals surface area contributed by atoms with Gasteiger partial charge >= 0.3 is 0 Å². The highest BCUT2D eigenvalue weighted by Crippen LogP contribution is 2.61. The van der Waals surface area contributed by atoms with Crippen LogP contribution in [0.2, 0.25) is 0 Å². The molecule has 0 bridgehead atoms. The average molecular weight is 401 g/mol. The molecule has 150 valence electrons. The molecule has 1 fully saturated rings. The molecule has 2 aliphatic heterocycles. The molecule has 7 heteroatoms. The van der Waals surface area contributed by atoms with Gasteiger partial charge in [-0.1, -0.05) is 30.3 Å². The number of para-hydroxylation sites is 2. The lowest BCUT2D eigenvalue weighted by molar-refractivity contribution is -0.134. The van der Waals surface area contributed by atoms with Crippen molar-refractivity contribution < 1.29 is 14.3 Å². The van der Waals surface area contributed by atoms with Crippen LogP contribution in [0.1, 0.15) is 23.7 Å². The summed E-state index contributed by atoms with van der Waals surface area (Å²) in [5.74, 6) is -0.380. The van der Waals surface area contributed by atoms with Gasteiger partial charge in [0.25, 0.3) is 5.91 Å². The van der Waals surface area contributed by atoms with Gasteiger partial charge in [0.05, 0.1) is 17.0 Å². The van der Waals surface area contributed by atoms with E-state index < -0.39 is 22.5 Å². The predicted molar refractivity (Wildman–Crippen MR) is 109 cm³/mol. The molecule has 0 unspecified atom stereocenters. The summed E-state index contributed by atoms with van der Waals surface area (Å²) in [6, 6.07) is 16.1. The Balaban J connectivity index is 1.77. The van der Waals surface area contributed by atoms with E-state index in [4.69, 9.17) is 4.42 Å². The van der Waals surface area contributed by atoms with Crippen LogP contribution in [0.4, 0.5) is 5.69 Å². The molecule has 2 aromatic carbocycles. The van der Waals surface area contributed by atoms with E-state index in [9.17, 15) is 20.0 Å². The van der Waals surface area contributed by atoms with Gasteiger partial charge in [-0.25, -0.2) is 0 Å². The summed E-state index contributed by atoms with van der Waals surface area (Å²) in [5.41, 5.74) is -1.80. The van der Waals surface area contributed by atoms with E-state index in [0.717, 1.165) is 0 Å². The first-order valence-corrected chi connectivity index (χ1v) is 9.69. The number of carbonyl (C=O) groups is 1. The highest BCUT2D eigenvalue weighted by Gasteiger charge is 2.70. The molecular weight excluding hydrogens is 382 g/mol. The first-order chi connectivity index (χ1) is 14.5. The van der Waals surface area contributed by atoms with Crippen LogP contribution >= 0.6 is 0 Å². The molecule has 5 rings (SSSR count). The molecule has 7 nitrogen and oxygen atoms in total. The van der Waals surface area contributed by atoms with E-state index >= 15 is 0 Å². The van der Waals surface area contributed by atoms with Crippen LogP contribution in [0.5, 0.6) is 0 Å². The minimum Gasteiger partial charge on any atom is -0.464 e. The van der Waals surface area contributed by atoms with Crippen molar-refractivity contribution in [3.63, 3.8) is 0 Å². The maximum absolute atomic E-state index is 13.4. The van der Waals surface area contributed by atoms with Gasteiger partial charge in [0.2, 0.25) is 0 Å². The number of fused-ring (bicyclic) bond motifs is 3. The fraction of sp³-hybridized carbons (Fsp3) is 0.261. The number of anilines is 1. The Morgan fingerprint density at radius 3 is 2.73 bits per heavy atom. The molecule has 0 aliphatic carbocycles. The van der Waals surface area contributed by atoms with E-state index in [1.54, 1.807) is 60.5 Å². The van der Waals surface area contributed by atoms with Gasteiger partial charge in [0.1, 0.15) is 28.9 Å². The van der Waals surface area contributed by atoms with Gasteiger partial charge in [0.15, 0.2) is 5.43 Å². The molecule has 0 saturated carbocycles. The van der Waals surface area contributed by atoms with Crippen molar-refractivity contribution in [3.05, 3.63) is 76.1 Å². The van der Waals surface area contributed by atoms with Gasteiger partial charge in [0, 0.05) is 17.8 Å². The Morgan fingerprint density at radius 1 is 1.20 bits per heavy atom. The van der Waals surface area contributed by atoms with Gasteiger partial charge in [-0.15, -0.1) is 0 Å². The Hall–Kier alpha value is -3.47. The van der Waals surface area contributed by atoms with Crippen molar-refractivity contribution in [2.75, 3.05) is 18.9 Å². The standard InChI is InChI=1S/C23H19N3O4/c1-26-11-10-22(13-24,23(26)16-7-3-4-8-17(16)25-21(23)29)20(28)15-12-30-18-9-5-2-6-14(18)19(15)27/h2-9,12,20,28H,10-11H2,1H3,(H,25,29)/t20-,22+,23+/m1/s1. The van der Waals surface area contributed by atoms with Crippen LogP contribution in [0.15, 0.2) is 64.0 Å². The van der Waals surface area contributed by atoms with Crippen LogP contribution in [0, 0.1) is 16.7 Å². The summed E-state index contributed by atoms with van der Waals surface area (Å²) in [7, 11) is 1.76. The Bertz CT molecular complexity index is 1290. The minimum absolute atomic E-state index is 0.0258. The minimum atomic E-state index is -1.57. The van der Waals surface area contributed by atoms with Crippen molar-refractivity contribution in [1.82, 2.24) is 4.90 Å². The molecule has 1 aromatic heterocycles. The monoisotopic (exact) mass is 401 g/mol. The summed E-state index contributed by atoms with van der Waals surface area (Å²) < 4.78 is 5.58. The maximum Gasteiger partial charge on any atom is 0.251 e. The molecule has 1 amide bonds. The number of likely N-dealkylation sites (N-methyl/N-ethyl adjacent to an activating group) is 1. The number of aliphatic hydroxyl groups is 1. The van der Waals surface area contributed by atoms with Crippen LogP contribution in [-0.4, -0.2) is 29.5 Å². The molecule has 3 atom stereocenters. The van der Waals surface area contributed by atoms with Crippen LogP contribution in [0.3, 0.4) is 0 Å². The zero-order valence-corrected chi connectivity index (χ0v) is 16.3. The maximum atomic E-state index is 13.4. The third kappa shape index (κ3) is 2.04. The number of aliphatic hydroxyl groups excluding tert-OH is 1. The average Bonchev–Trinajstić information content (AvgIpc) is 3.24. The molecule has 2 aliphatic rings.